The molecule has 1 aromatic rings. The third kappa shape index (κ3) is 6.66. The van der Waals surface area contributed by atoms with Crippen molar-refractivity contribution in [3.63, 3.8) is 0 Å². The quantitative estimate of drug-likeness (QED) is 0.445. The molecule has 0 bridgehead atoms. The lowest BCUT2D eigenvalue weighted by Crippen LogP contribution is -2.25. The second kappa shape index (κ2) is 10.5. The van der Waals surface area contributed by atoms with Gasteiger partial charge in [0.1, 0.15) is 5.04 Å². The maximum Gasteiger partial charge on any atom is 0.159 e. The molecule has 0 atom stereocenters. The van der Waals surface area contributed by atoms with Gasteiger partial charge in [-0.05, 0) is 31.7 Å². The van der Waals surface area contributed by atoms with Crippen molar-refractivity contribution in [2.24, 2.45) is 9.98 Å². The lowest BCUT2D eigenvalue weighted by molar-refractivity contribution is 0.610. The number of pyridine rings is 1. The van der Waals surface area contributed by atoms with Crippen LogP contribution in [0.2, 0.25) is 0 Å². The van der Waals surface area contributed by atoms with Crippen LogP contribution >= 0.6 is 23.5 Å². The summed E-state index contributed by atoms with van der Waals surface area (Å²) >= 11 is 3.44. The van der Waals surface area contributed by atoms with E-state index in [1.165, 1.54) is 0 Å². The Kier molecular flexibility index (Phi) is 8.92. The fraction of sp³-hybridized carbons (Fsp3) is 0.438. The van der Waals surface area contributed by atoms with Gasteiger partial charge in [-0.25, -0.2) is 4.99 Å². The molecule has 0 N–H and O–H groups in total. The molecule has 1 heterocycles. The van der Waals surface area contributed by atoms with Gasteiger partial charge in [-0.15, -0.1) is 0 Å². The van der Waals surface area contributed by atoms with Crippen molar-refractivity contribution < 1.29 is 0 Å². The van der Waals surface area contributed by atoms with Gasteiger partial charge in [0.15, 0.2) is 5.17 Å². The number of aliphatic imine (C=N–C) groups is 2. The summed E-state index contributed by atoms with van der Waals surface area (Å²) < 4.78 is 0. The molecule has 1 rings (SSSR count). The summed E-state index contributed by atoms with van der Waals surface area (Å²) in [4.78, 5) is 15.4. The van der Waals surface area contributed by atoms with Gasteiger partial charge in [0.2, 0.25) is 0 Å². The average molecular weight is 337 g/mol. The standard InChI is InChI=1S/C16H24N4S2/c1-6-18-16(21-7-2)20(5)12-22-15(19-13(3)4)14-9-8-10-17-11-14/h8-11H,3,6-7,12H2,1-2,4-5H3. The predicted molar refractivity (Wildman–Crippen MR) is 102 cm³/mol. The second-order valence-corrected chi connectivity index (χ2v) is 6.72. The molecule has 0 aliphatic rings. The molecule has 0 aliphatic heterocycles. The van der Waals surface area contributed by atoms with E-state index in [1.807, 2.05) is 25.3 Å². The Bertz CT molecular complexity index is 526. The van der Waals surface area contributed by atoms with Crippen molar-refractivity contribution in [2.75, 3.05) is 25.2 Å². The molecule has 120 valence electrons. The lowest BCUT2D eigenvalue weighted by Gasteiger charge is -2.20. The van der Waals surface area contributed by atoms with Crippen LogP contribution < -0.4 is 0 Å². The molecule has 0 amide bonds. The van der Waals surface area contributed by atoms with E-state index in [1.54, 1.807) is 29.7 Å². The van der Waals surface area contributed by atoms with Crippen LogP contribution in [0.15, 0.2) is 46.8 Å². The van der Waals surface area contributed by atoms with E-state index < -0.39 is 0 Å². The summed E-state index contributed by atoms with van der Waals surface area (Å²) in [6.07, 6.45) is 3.60. The summed E-state index contributed by atoms with van der Waals surface area (Å²) in [5, 5.41) is 2.00. The zero-order valence-corrected chi connectivity index (χ0v) is 15.4. The van der Waals surface area contributed by atoms with Crippen LogP contribution in [0.25, 0.3) is 0 Å². The zero-order valence-electron chi connectivity index (χ0n) is 13.7. The number of hydrogen-bond donors (Lipinski definition) is 0. The molecule has 0 aliphatic carbocycles. The van der Waals surface area contributed by atoms with Gasteiger partial charge >= 0.3 is 0 Å². The Morgan fingerprint density at radius 3 is 2.68 bits per heavy atom. The van der Waals surface area contributed by atoms with Gasteiger partial charge in [-0.3, -0.25) is 9.98 Å². The van der Waals surface area contributed by atoms with Crippen molar-refractivity contribution in [1.82, 2.24) is 9.88 Å². The van der Waals surface area contributed by atoms with Gasteiger partial charge in [0.25, 0.3) is 0 Å². The average Bonchev–Trinajstić information content (AvgIpc) is 2.51. The van der Waals surface area contributed by atoms with Crippen LogP contribution in [0, 0.1) is 0 Å². The Morgan fingerprint density at radius 2 is 2.14 bits per heavy atom. The number of hydrogen-bond acceptors (Lipinski definition) is 5. The first kappa shape index (κ1) is 18.8. The molecule has 0 spiro atoms. The zero-order chi connectivity index (χ0) is 16.4. The first-order chi connectivity index (χ1) is 10.6. The number of nitrogens with zero attached hydrogens (tertiary/aromatic N) is 4. The van der Waals surface area contributed by atoms with Gasteiger partial charge in [0.05, 0.1) is 5.88 Å². The highest BCUT2D eigenvalue weighted by atomic mass is 32.2. The van der Waals surface area contributed by atoms with Crippen LogP contribution in [-0.2, 0) is 0 Å². The first-order valence-corrected chi connectivity index (χ1v) is 9.21. The number of aromatic nitrogens is 1. The van der Waals surface area contributed by atoms with E-state index in [0.717, 1.165) is 39.6 Å². The Balaban J connectivity index is 2.80. The lowest BCUT2D eigenvalue weighted by atomic mass is 10.3. The second-order valence-electron chi connectivity index (χ2n) is 4.56. The number of thioether (sulfide) groups is 2. The fourth-order valence-electron chi connectivity index (χ4n) is 1.60. The monoisotopic (exact) mass is 336 g/mol. The van der Waals surface area contributed by atoms with Gasteiger partial charge in [0, 0.05) is 37.2 Å². The summed E-state index contributed by atoms with van der Waals surface area (Å²) in [5.74, 6) is 1.80. The molecule has 0 aromatic carbocycles. The van der Waals surface area contributed by atoms with Crippen LogP contribution in [-0.4, -0.2) is 45.3 Å². The van der Waals surface area contributed by atoms with Crippen molar-refractivity contribution in [3.8, 4) is 0 Å². The third-order valence-corrected chi connectivity index (χ3v) is 4.59. The van der Waals surface area contributed by atoms with Crippen molar-refractivity contribution in [3.05, 3.63) is 42.4 Å². The molecule has 6 heteroatoms. The van der Waals surface area contributed by atoms with Crippen LogP contribution in [0.3, 0.4) is 0 Å². The topological polar surface area (TPSA) is 40.9 Å². The minimum Gasteiger partial charge on any atom is -0.345 e. The molecule has 0 unspecified atom stereocenters. The Labute approximate surface area is 142 Å². The summed E-state index contributed by atoms with van der Waals surface area (Å²) in [7, 11) is 2.06. The van der Waals surface area contributed by atoms with Crippen LogP contribution in [0.5, 0.6) is 0 Å². The highest BCUT2D eigenvalue weighted by molar-refractivity contribution is 8.15. The molecule has 0 saturated heterocycles. The van der Waals surface area contributed by atoms with E-state index in [4.69, 9.17) is 0 Å². The van der Waals surface area contributed by atoms with E-state index in [0.29, 0.717) is 0 Å². The SMILES string of the molecule is C=C(C)N=C(SCN(C)C(=NCC)SCC)c1cccnc1. The van der Waals surface area contributed by atoms with E-state index >= 15 is 0 Å². The summed E-state index contributed by atoms with van der Waals surface area (Å²) in [6.45, 7) is 10.8. The highest BCUT2D eigenvalue weighted by Crippen LogP contribution is 2.18. The molecular formula is C16H24N4S2. The van der Waals surface area contributed by atoms with Gasteiger partial charge in [-0.1, -0.05) is 37.0 Å². The number of amidine groups is 1. The van der Waals surface area contributed by atoms with Crippen molar-refractivity contribution >= 4 is 33.7 Å². The largest absolute Gasteiger partial charge is 0.345 e. The molecule has 0 saturated carbocycles. The molecule has 22 heavy (non-hydrogen) atoms. The Hall–Kier alpha value is -1.27. The minimum absolute atomic E-state index is 0.785. The van der Waals surface area contributed by atoms with Crippen molar-refractivity contribution in [2.45, 2.75) is 20.8 Å². The number of rotatable bonds is 6. The molecular weight excluding hydrogens is 312 g/mol. The third-order valence-electron chi connectivity index (χ3n) is 2.49. The highest BCUT2D eigenvalue weighted by Gasteiger charge is 2.10. The fourth-order valence-corrected chi connectivity index (χ4v) is 3.39. The maximum absolute atomic E-state index is 4.55. The Morgan fingerprint density at radius 1 is 1.36 bits per heavy atom. The van der Waals surface area contributed by atoms with E-state index in [9.17, 15) is 0 Å². The van der Waals surface area contributed by atoms with E-state index in [-0.39, 0.29) is 0 Å². The smallest absolute Gasteiger partial charge is 0.159 e. The van der Waals surface area contributed by atoms with E-state index in [2.05, 4.69) is 47.3 Å². The summed E-state index contributed by atoms with van der Waals surface area (Å²) in [5.41, 5.74) is 1.81. The van der Waals surface area contributed by atoms with Gasteiger partial charge in [-0.2, -0.15) is 0 Å². The first-order valence-electron chi connectivity index (χ1n) is 7.24. The minimum atomic E-state index is 0.785. The predicted octanol–water partition coefficient (Wildman–Crippen LogP) is 4.11. The maximum atomic E-state index is 4.55. The summed E-state index contributed by atoms with van der Waals surface area (Å²) in [6, 6.07) is 3.94. The van der Waals surface area contributed by atoms with Crippen LogP contribution in [0.4, 0.5) is 0 Å². The van der Waals surface area contributed by atoms with Crippen molar-refractivity contribution in [1.29, 1.82) is 0 Å². The molecule has 1 aromatic heterocycles. The van der Waals surface area contributed by atoms with Crippen LogP contribution in [0.1, 0.15) is 26.3 Å². The normalized spacial score (nSPS) is 12.4. The van der Waals surface area contributed by atoms with Gasteiger partial charge < -0.3 is 4.90 Å². The molecule has 4 nitrogen and oxygen atoms in total. The molecule has 0 fully saturated rings. The number of allylic oxidation sites excluding steroid dienone is 1. The molecule has 0 radical (unpaired) electrons.